The number of furan rings is 1. The van der Waals surface area contributed by atoms with Crippen molar-refractivity contribution in [2.24, 2.45) is 0 Å². The second-order valence-corrected chi connectivity index (χ2v) is 5.67. The summed E-state index contributed by atoms with van der Waals surface area (Å²) in [5, 5.41) is 9.04. The van der Waals surface area contributed by atoms with Gasteiger partial charge >= 0.3 is 5.97 Å². The van der Waals surface area contributed by atoms with E-state index in [-0.39, 0.29) is 24.4 Å². The molecule has 24 heavy (non-hydrogen) atoms. The monoisotopic (exact) mass is 331 g/mol. The molecule has 0 bridgehead atoms. The average molecular weight is 331 g/mol. The van der Waals surface area contributed by atoms with E-state index in [2.05, 4.69) is 0 Å². The van der Waals surface area contributed by atoms with Gasteiger partial charge in [0.25, 0.3) is 0 Å². The van der Waals surface area contributed by atoms with E-state index in [9.17, 15) is 9.59 Å². The van der Waals surface area contributed by atoms with Crippen LogP contribution in [0.2, 0.25) is 0 Å². The standard InChI is InChI=1S/C18H21NO5/c1-12-16(18(21)22)9-15(24-12)10-19(2)17(20)8-13-5-4-6-14(7-13)11-23-3/h4-7,9H,8,10-11H2,1-3H3,(H,21,22). The third kappa shape index (κ3) is 4.45. The van der Waals surface area contributed by atoms with Gasteiger partial charge in [-0.25, -0.2) is 4.79 Å². The van der Waals surface area contributed by atoms with Crippen molar-refractivity contribution in [1.29, 1.82) is 0 Å². The number of hydrogen-bond acceptors (Lipinski definition) is 4. The molecule has 0 fully saturated rings. The lowest BCUT2D eigenvalue weighted by atomic mass is 10.1. The molecule has 6 nitrogen and oxygen atoms in total. The number of ether oxygens (including phenoxy) is 1. The summed E-state index contributed by atoms with van der Waals surface area (Å²) >= 11 is 0. The van der Waals surface area contributed by atoms with Gasteiger partial charge in [0.15, 0.2) is 0 Å². The maximum atomic E-state index is 12.3. The Morgan fingerprint density at radius 2 is 1.96 bits per heavy atom. The summed E-state index contributed by atoms with van der Waals surface area (Å²) in [6, 6.07) is 9.13. The fourth-order valence-corrected chi connectivity index (χ4v) is 2.46. The molecule has 0 aliphatic heterocycles. The minimum Gasteiger partial charge on any atom is -0.478 e. The summed E-state index contributed by atoms with van der Waals surface area (Å²) in [4.78, 5) is 24.9. The van der Waals surface area contributed by atoms with Crippen molar-refractivity contribution in [2.45, 2.75) is 26.5 Å². The molecule has 1 N–H and O–H groups in total. The molecule has 0 radical (unpaired) electrons. The summed E-state index contributed by atoms with van der Waals surface area (Å²) < 4.78 is 10.5. The van der Waals surface area contributed by atoms with E-state index >= 15 is 0 Å². The number of aryl methyl sites for hydroxylation is 1. The highest BCUT2D eigenvalue weighted by atomic mass is 16.5. The third-order valence-corrected chi connectivity index (χ3v) is 3.68. The van der Waals surface area contributed by atoms with E-state index in [1.54, 1.807) is 21.1 Å². The first-order valence-electron chi connectivity index (χ1n) is 7.54. The molecule has 2 rings (SSSR count). The average Bonchev–Trinajstić information content (AvgIpc) is 2.88. The highest BCUT2D eigenvalue weighted by Crippen LogP contribution is 2.16. The number of benzene rings is 1. The van der Waals surface area contributed by atoms with Gasteiger partial charge < -0.3 is 19.2 Å². The first-order chi connectivity index (χ1) is 11.4. The van der Waals surface area contributed by atoms with Crippen molar-refractivity contribution in [2.75, 3.05) is 14.2 Å². The van der Waals surface area contributed by atoms with Gasteiger partial charge in [-0.05, 0) is 24.1 Å². The number of carbonyl (C=O) groups is 2. The summed E-state index contributed by atoms with van der Waals surface area (Å²) in [6.07, 6.45) is 0.263. The number of carboxylic acids is 1. The molecule has 1 heterocycles. The van der Waals surface area contributed by atoms with Crippen molar-refractivity contribution >= 4 is 11.9 Å². The van der Waals surface area contributed by atoms with E-state index in [0.29, 0.717) is 18.1 Å². The van der Waals surface area contributed by atoms with Crippen LogP contribution in [0.25, 0.3) is 0 Å². The number of carboxylic acid groups (broad SMARTS) is 1. The molecule has 128 valence electrons. The van der Waals surface area contributed by atoms with Gasteiger partial charge in [-0.2, -0.15) is 0 Å². The van der Waals surface area contributed by atoms with Crippen LogP contribution in [0.1, 0.15) is 33.0 Å². The van der Waals surface area contributed by atoms with Crippen LogP contribution >= 0.6 is 0 Å². The molecule has 1 amide bonds. The zero-order valence-electron chi connectivity index (χ0n) is 14.0. The van der Waals surface area contributed by atoms with Gasteiger partial charge in [-0.1, -0.05) is 24.3 Å². The van der Waals surface area contributed by atoms with Crippen LogP contribution in [-0.2, 0) is 29.1 Å². The van der Waals surface area contributed by atoms with Crippen LogP contribution < -0.4 is 0 Å². The lowest BCUT2D eigenvalue weighted by Crippen LogP contribution is -2.27. The quantitative estimate of drug-likeness (QED) is 0.843. The molecular formula is C18H21NO5. The lowest BCUT2D eigenvalue weighted by molar-refractivity contribution is -0.129. The minimum absolute atomic E-state index is 0.0736. The van der Waals surface area contributed by atoms with Gasteiger partial charge in [0.1, 0.15) is 17.1 Å². The van der Waals surface area contributed by atoms with Crippen LogP contribution in [0.5, 0.6) is 0 Å². The molecule has 0 atom stereocenters. The number of rotatable bonds is 7. The maximum absolute atomic E-state index is 12.3. The van der Waals surface area contributed by atoms with E-state index < -0.39 is 5.97 Å². The summed E-state index contributed by atoms with van der Waals surface area (Å²) in [7, 11) is 3.29. The smallest absolute Gasteiger partial charge is 0.339 e. The molecule has 0 aliphatic rings. The van der Waals surface area contributed by atoms with E-state index in [0.717, 1.165) is 11.1 Å². The molecule has 0 aliphatic carbocycles. The molecule has 1 aromatic carbocycles. The zero-order valence-corrected chi connectivity index (χ0v) is 14.0. The number of aromatic carboxylic acids is 1. The Balaban J connectivity index is 2.00. The Hall–Kier alpha value is -2.60. The van der Waals surface area contributed by atoms with E-state index in [4.69, 9.17) is 14.3 Å². The molecule has 2 aromatic rings. The predicted molar refractivity (Wildman–Crippen MR) is 87.7 cm³/mol. The molecule has 1 aromatic heterocycles. The maximum Gasteiger partial charge on any atom is 0.339 e. The van der Waals surface area contributed by atoms with Crippen molar-refractivity contribution in [3.8, 4) is 0 Å². The Labute approximate surface area is 140 Å². The lowest BCUT2D eigenvalue weighted by Gasteiger charge is -2.16. The minimum atomic E-state index is -1.04. The second-order valence-electron chi connectivity index (χ2n) is 5.67. The summed E-state index contributed by atoms with van der Waals surface area (Å²) in [6.45, 7) is 2.32. The fourth-order valence-electron chi connectivity index (χ4n) is 2.46. The SMILES string of the molecule is COCc1cccc(CC(=O)N(C)Cc2cc(C(=O)O)c(C)o2)c1. The molecule has 0 spiro atoms. The van der Waals surface area contributed by atoms with Gasteiger partial charge in [0, 0.05) is 14.2 Å². The highest BCUT2D eigenvalue weighted by Gasteiger charge is 2.17. The summed E-state index contributed by atoms with van der Waals surface area (Å²) in [5.74, 6) is -0.318. The second kappa shape index (κ2) is 7.79. The normalized spacial score (nSPS) is 10.6. The highest BCUT2D eigenvalue weighted by molar-refractivity contribution is 5.88. The van der Waals surface area contributed by atoms with Gasteiger partial charge in [0.05, 0.1) is 19.6 Å². The van der Waals surface area contributed by atoms with Crippen molar-refractivity contribution in [3.05, 3.63) is 58.5 Å². The van der Waals surface area contributed by atoms with Crippen LogP contribution in [0.4, 0.5) is 0 Å². The first kappa shape index (κ1) is 17.7. The Morgan fingerprint density at radius 3 is 2.58 bits per heavy atom. The summed E-state index contributed by atoms with van der Waals surface area (Å²) in [5.41, 5.74) is 2.04. The number of carbonyl (C=O) groups excluding carboxylic acids is 1. The fraction of sp³-hybridized carbons (Fsp3) is 0.333. The van der Waals surface area contributed by atoms with Gasteiger partial charge in [-0.3, -0.25) is 4.79 Å². The van der Waals surface area contributed by atoms with Crippen LogP contribution in [-0.4, -0.2) is 36.0 Å². The molecular weight excluding hydrogens is 310 g/mol. The van der Waals surface area contributed by atoms with E-state index in [1.165, 1.54) is 11.0 Å². The molecule has 6 heteroatoms. The Bertz CT molecular complexity index is 735. The number of methoxy groups -OCH3 is 1. The number of nitrogens with zero attached hydrogens (tertiary/aromatic N) is 1. The third-order valence-electron chi connectivity index (χ3n) is 3.68. The number of likely N-dealkylation sites (N-methyl/N-ethyl adjacent to an activating group) is 1. The van der Waals surface area contributed by atoms with Crippen LogP contribution in [0.15, 0.2) is 34.7 Å². The van der Waals surface area contributed by atoms with Crippen molar-refractivity contribution < 1.29 is 23.8 Å². The van der Waals surface area contributed by atoms with Crippen LogP contribution in [0.3, 0.4) is 0 Å². The van der Waals surface area contributed by atoms with E-state index in [1.807, 2.05) is 24.3 Å². The van der Waals surface area contributed by atoms with Crippen LogP contribution in [0, 0.1) is 6.92 Å². The topological polar surface area (TPSA) is 80.0 Å². The molecule has 0 saturated heterocycles. The number of amides is 1. The molecule has 0 unspecified atom stereocenters. The zero-order chi connectivity index (χ0) is 17.7. The number of hydrogen-bond donors (Lipinski definition) is 1. The first-order valence-corrected chi connectivity index (χ1v) is 7.54. The molecule has 0 saturated carbocycles. The van der Waals surface area contributed by atoms with Gasteiger partial charge in [0.2, 0.25) is 5.91 Å². The Kier molecular flexibility index (Phi) is 5.76. The van der Waals surface area contributed by atoms with Gasteiger partial charge in [-0.15, -0.1) is 0 Å². The Morgan fingerprint density at radius 1 is 1.25 bits per heavy atom. The largest absolute Gasteiger partial charge is 0.478 e. The van der Waals surface area contributed by atoms with Crippen molar-refractivity contribution in [3.63, 3.8) is 0 Å². The van der Waals surface area contributed by atoms with Crippen molar-refractivity contribution in [1.82, 2.24) is 4.90 Å². The predicted octanol–water partition coefficient (Wildman–Crippen LogP) is 2.63.